The third-order valence-electron chi connectivity index (χ3n) is 4.46. The van der Waals surface area contributed by atoms with Gasteiger partial charge in [0.25, 0.3) is 5.91 Å². The van der Waals surface area contributed by atoms with Crippen LogP contribution < -0.4 is 19.5 Å². The number of anilines is 1. The number of rotatable bonds is 6. The summed E-state index contributed by atoms with van der Waals surface area (Å²) < 4.78 is 16.1. The van der Waals surface area contributed by atoms with Crippen LogP contribution in [0.4, 0.5) is 5.69 Å². The van der Waals surface area contributed by atoms with E-state index >= 15 is 0 Å². The molecule has 1 aliphatic rings. The lowest BCUT2D eigenvalue weighted by Crippen LogP contribution is -2.21. The molecule has 0 saturated carbocycles. The molecule has 0 fully saturated rings. The molecule has 2 aromatic carbocycles. The monoisotopic (exact) mass is 357 g/mol. The van der Waals surface area contributed by atoms with Crippen LogP contribution in [0.1, 0.15) is 30.1 Å². The minimum absolute atomic E-state index is 0.110. The highest BCUT2D eigenvalue weighted by molar-refractivity contribution is 5.92. The van der Waals surface area contributed by atoms with Crippen molar-refractivity contribution in [1.29, 1.82) is 0 Å². The molecule has 0 heterocycles. The summed E-state index contributed by atoms with van der Waals surface area (Å²) in [5.74, 6) is 1.52. The van der Waals surface area contributed by atoms with Crippen LogP contribution >= 0.6 is 0 Å². The van der Waals surface area contributed by atoms with Crippen molar-refractivity contribution in [2.24, 2.45) is 0 Å². The zero-order chi connectivity index (χ0) is 18.5. The van der Waals surface area contributed by atoms with Crippen molar-refractivity contribution in [3.63, 3.8) is 0 Å². The van der Waals surface area contributed by atoms with Gasteiger partial charge in [-0.1, -0.05) is 12.1 Å². The third kappa shape index (κ3) is 3.91. The van der Waals surface area contributed by atoms with E-state index in [1.807, 2.05) is 18.2 Å². The lowest BCUT2D eigenvalue weighted by atomic mass is 9.89. The topological polar surface area (TPSA) is 77.0 Å². The molecule has 1 atom stereocenters. The maximum Gasteiger partial charge on any atom is 0.262 e. The number of aliphatic hydroxyl groups excluding tert-OH is 1. The fourth-order valence-electron chi connectivity index (χ4n) is 3.18. The Labute approximate surface area is 152 Å². The van der Waals surface area contributed by atoms with Gasteiger partial charge in [0.1, 0.15) is 5.75 Å². The molecule has 3 rings (SSSR count). The van der Waals surface area contributed by atoms with E-state index < -0.39 is 6.10 Å². The summed E-state index contributed by atoms with van der Waals surface area (Å²) >= 11 is 0. The molecule has 138 valence electrons. The highest BCUT2D eigenvalue weighted by Gasteiger charge is 2.21. The molecule has 0 aliphatic heterocycles. The molecule has 0 spiro atoms. The van der Waals surface area contributed by atoms with E-state index in [9.17, 15) is 9.90 Å². The lowest BCUT2D eigenvalue weighted by Gasteiger charge is -2.23. The summed E-state index contributed by atoms with van der Waals surface area (Å²) in [7, 11) is 3.10. The van der Waals surface area contributed by atoms with Crippen molar-refractivity contribution in [3.8, 4) is 17.2 Å². The standard InChI is InChI=1S/C20H23NO5/c1-24-18-10-9-13(11-19(18)25-2)21-20(23)12-26-17-8-4-5-14-15(17)6-3-7-16(14)22/h4-5,8-11,16,22H,3,6-7,12H2,1-2H3,(H,21,23)/t16-/m0/s1. The van der Waals surface area contributed by atoms with E-state index in [1.165, 1.54) is 0 Å². The highest BCUT2D eigenvalue weighted by Crippen LogP contribution is 2.35. The van der Waals surface area contributed by atoms with Gasteiger partial charge in [-0.25, -0.2) is 0 Å². The molecule has 1 aliphatic carbocycles. The molecule has 6 heteroatoms. The Morgan fingerprint density at radius 1 is 1.15 bits per heavy atom. The number of nitrogens with one attached hydrogen (secondary N) is 1. The number of hydrogen-bond acceptors (Lipinski definition) is 5. The molecule has 1 amide bonds. The number of fused-ring (bicyclic) bond motifs is 1. The lowest BCUT2D eigenvalue weighted by molar-refractivity contribution is -0.118. The average Bonchev–Trinajstić information content (AvgIpc) is 2.66. The molecule has 0 bridgehead atoms. The first-order valence-electron chi connectivity index (χ1n) is 8.57. The zero-order valence-corrected chi connectivity index (χ0v) is 15.0. The van der Waals surface area contributed by atoms with Gasteiger partial charge in [-0.15, -0.1) is 0 Å². The van der Waals surface area contributed by atoms with Crippen LogP contribution in [0.5, 0.6) is 17.2 Å². The Bertz CT molecular complexity index is 790. The second kappa shape index (κ2) is 8.10. The zero-order valence-electron chi connectivity index (χ0n) is 15.0. The highest BCUT2D eigenvalue weighted by atomic mass is 16.5. The van der Waals surface area contributed by atoms with Gasteiger partial charge in [-0.3, -0.25) is 4.79 Å². The SMILES string of the molecule is COc1ccc(NC(=O)COc2cccc3c2CCC[C@@H]3O)cc1OC. The largest absolute Gasteiger partial charge is 0.493 e. The van der Waals surface area contributed by atoms with Crippen molar-refractivity contribution >= 4 is 11.6 Å². The molecule has 2 aromatic rings. The number of ether oxygens (including phenoxy) is 3. The van der Waals surface area contributed by atoms with Gasteiger partial charge >= 0.3 is 0 Å². The van der Waals surface area contributed by atoms with Crippen LogP contribution in [0.2, 0.25) is 0 Å². The molecular weight excluding hydrogens is 334 g/mol. The Morgan fingerprint density at radius 2 is 1.96 bits per heavy atom. The summed E-state index contributed by atoms with van der Waals surface area (Å²) in [5, 5.41) is 12.9. The maximum atomic E-state index is 12.2. The van der Waals surface area contributed by atoms with E-state index in [0.717, 1.165) is 30.4 Å². The Morgan fingerprint density at radius 3 is 2.73 bits per heavy atom. The Hall–Kier alpha value is -2.73. The second-order valence-electron chi connectivity index (χ2n) is 6.14. The molecule has 0 unspecified atom stereocenters. The smallest absolute Gasteiger partial charge is 0.262 e. The van der Waals surface area contributed by atoms with Crippen molar-refractivity contribution in [3.05, 3.63) is 47.5 Å². The number of methoxy groups -OCH3 is 2. The summed E-state index contributed by atoms with van der Waals surface area (Å²) in [6.45, 7) is -0.110. The first-order valence-corrected chi connectivity index (χ1v) is 8.57. The molecule has 26 heavy (non-hydrogen) atoms. The number of hydrogen-bond donors (Lipinski definition) is 2. The van der Waals surface area contributed by atoms with Crippen molar-refractivity contribution in [2.75, 3.05) is 26.1 Å². The van der Waals surface area contributed by atoms with Crippen molar-refractivity contribution in [1.82, 2.24) is 0 Å². The van der Waals surface area contributed by atoms with Gasteiger partial charge in [0, 0.05) is 11.8 Å². The van der Waals surface area contributed by atoms with Crippen LogP contribution in [-0.2, 0) is 11.2 Å². The third-order valence-corrected chi connectivity index (χ3v) is 4.46. The van der Waals surface area contributed by atoms with Gasteiger partial charge in [-0.2, -0.15) is 0 Å². The second-order valence-corrected chi connectivity index (χ2v) is 6.14. The van der Waals surface area contributed by atoms with Crippen LogP contribution in [0.25, 0.3) is 0 Å². The molecule has 6 nitrogen and oxygen atoms in total. The van der Waals surface area contributed by atoms with Gasteiger partial charge < -0.3 is 24.6 Å². The number of aliphatic hydroxyl groups is 1. The van der Waals surface area contributed by atoms with Gasteiger partial charge in [0.15, 0.2) is 18.1 Å². The maximum absolute atomic E-state index is 12.2. The summed E-state index contributed by atoms with van der Waals surface area (Å²) in [5.41, 5.74) is 2.49. The van der Waals surface area contributed by atoms with Gasteiger partial charge in [-0.05, 0) is 48.6 Å². The first kappa shape index (κ1) is 18.1. The van der Waals surface area contributed by atoms with Crippen LogP contribution in [0, 0.1) is 0 Å². The molecule has 0 radical (unpaired) electrons. The van der Waals surface area contributed by atoms with E-state index in [1.54, 1.807) is 32.4 Å². The van der Waals surface area contributed by atoms with E-state index in [-0.39, 0.29) is 12.5 Å². The summed E-state index contributed by atoms with van der Waals surface area (Å²) in [6, 6.07) is 10.7. The van der Waals surface area contributed by atoms with Gasteiger partial charge in [0.2, 0.25) is 0 Å². The van der Waals surface area contributed by atoms with E-state index in [4.69, 9.17) is 14.2 Å². The fourth-order valence-corrected chi connectivity index (χ4v) is 3.18. The van der Waals surface area contributed by atoms with Crippen LogP contribution in [-0.4, -0.2) is 31.8 Å². The number of benzene rings is 2. The number of carbonyl (C=O) groups excluding carboxylic acids is 1. The predicted molar refractivity (Wildman–Crippen MR) is 98.0 cm³/mol. The first-order chi connectivity index (χ1) is 12.6. The predicted octanol–water partition coefficient (Wildman–Crippen LogP) is 3.09. The van der Waals surface area contributed by atoms with Crippen molar-refractivity contribution in [2.45, 2.75) is 25.4 Å². The molecule has 2 N–H and O–H groups in total. The Balaban J connectivity index is 1.64. The Kier molecular flexibility index (Phi) is 5.63. The molecule has 0 saturated heterocycles. The van der Waals surface area contributed by atoms with Crippen molar-refractivity contribution < 1.29 is 24.1 Å². The van der Waals surface area contributed by atoms with Crippen LogP contribution in [0.15, 0.2) is 36.4 Å². The van der Waals surface area contributed by atoms with E-state index in [2.05, 4.69) is 5.32 Å². The summed E-state index contributed by atoms with van der Waals surface area (Å²) in [4.78, 5) is 12.2. The minimum Gasteiger partial charge on any atom is -0.493 e. The molecule has 0 aromatic heterocycles. The molecular formula is C20H23NO5. The van der Waals surface area contributed by atoms with Gasteiger partial charge in [0.05, 0.1) is 20.3 Å². The average molecular weight is 357 g/mol. The number of carbonyl (C=O) groups is 1. The van der Waals surface area contributed by atoms with Crippen LogP contribution in [0.3, 0.4) is 0 Å². The summed E-state index contributed by atoms with van der Waals surface area (Å²) in [6.07, 6.45) is 2.06. The fraction of sp³-hybridized carbons (Fsp3) is 0.350. The number of amides is 1. The van der Waals surface area contributed by atoms with E-state index in [0.29, 0.717) is 22.9 Å². The minimum atomic E-state index is -0.456. The normalized spacial score (nSPS) is 15.7. The quantitative estimate of drug-likeness (QED) is 0.831.